The molecule has 21 heavy (non-hydrogen) atoms. The SMILES string of the molecule is Cc1ccc(NC(=O)N2C[C@@H]3CC(C)(O)C[C@@H]3C2)c(C)c1. The molecule has 4 heteroatoms. The van der Waals surface area contributed by atoms with E-state index in [1.54, 1.807) is 0 Å². The summed E-state index contributed by atoms with van der Waals surface area (Å²) in [4.78, 5) is 14.3. The Bertz CT molecular complexity index is 552. The van der Waals surface area contributed by atoms with Gasteiger partial charge in [0.25, 0.3) is 0 Å². The first-order valence-electron chi connectivity index (χ1n) is 7.70. The number of benzene rings is 1. The zero-order chi connectivity index (χ0) is 15.2. The van der Waals surface area contributed by atoms with E-state index in [1.807, 2.05) is 37.8 Å². The summed E-state index contributed by atoms with van der Waals surface area (Å²) >= 11 is 0. The number of nitrogens with one attached hydrogen (secondary N) is 1. The molecule has 2 aliphatic rings. The molecule has 114 valence electrons. The first-order valence-corrected chi connectivity index (χ1v) is 7.70. The number of urea groups is 1. The highest BCUT2D eigenvalue weighted by atomic mass is 16.3. The van der Waals surface area contributed by atoms with E-state index in [9.17, 15) is 9.90 Å². The number of fused-ring (bicyclic) bond motifs is 1. The fraction of sp³-hybridized carbons (Fsp3) is 0.588. The lowest BCUT2D eigenvalue weighted by atomic mass is 10.0. The van der Waals surface area contributed by atoms with Crippen LogP contribution in [0.15, 0.2) is 18.2 Å². The molecule has 1 aliphatic heterocycles. The standard InChI is InChI=1S/C17H24N2O2/c1-11-4-5-15(12(2)6-11)18-16(20)19-9-13-7-17(3,21)8-14(13)10-19/h4-6,13-14,21H,7-10H2,1-3H3,(H,18,20)/t13-,14+,17?. The molecule has 2 fully saturated rings. The molecule has 0 radical (unpaired) electrons. The average Bonchev–Trinajstić information content (AvgIpc) is 2.86. The Labute approximate surface area is 126 Å². The summed E-state index contributed by atoms with van der Waals surface area (Å²) in [5.41, 5.74) is 2.63. The van der Waals surface area contributed by atoms with Crippen molar-refractivity contribution in [1.82, 2.24) is 4.90 Å². The van der Waals surface area contributed by atoms with Crippen molar-refractivity contribution in [1.29, 1.82) is 0 Å². The fourth-order valence-corrected chi connectivity index (χ4v) is 3.93. The first-order chi connectivity index (χ1) is 9.84. The summed E-state index contributed by atoms with van der Waals surface area (Å²) in [5, 5.41) is 13.1. The van der Waals surface area contributed by atoms with Gasteiger partial charge >= 0.3 is 6.03 Å². The third kappa shape index (κ3) is 2.91. The minimum absolute atomic E-state index is 0.0176. The van der Waals surface area contributed by atoms with E-state index in [2.05, 4.69) is 11.4 Å². The van der Waals surface area contributed by atoms with Crippen LogP contribution >= 0.6 is 0 Å². The van der Waals surface area contributed by atoms with Gasteiger partial charge in [-0.1, -0.05) is 17.7 Å². The number of hydrogen-bond donors (Lipinski definition) is 2. The smallest absolute Gasteiger partial charge is 0.321 e. The van der Waals surface area contributed by atoms with E-state index in [1.165, 1.54) is 5.56 Å². The van der Waals surface area contributed by atoms with Crippen molar-refractivity contribution in [2.24, 2.45) is 11.8 Å². The van der Waals surface area contributed by atoms with Crippen molar-refractivity contribution >= 4 is 11.7 Å². The van der Waals surface area contributed by atoms with Gasteiger partial charge < -0.3 is 15.3 Å². The highest BCUT2D eigenvalue weighted by molar-refractivity contribution is 5.90. The van der Waals surface area contributed by atoms with E-state index in [0.717, 1.165) is 37.2 Å². The summed E-state index contributed by atoms with van der Waals surface area (Å²) in [7, 11) is 0. The second-order valence-electron chi connectivity index (χ2n) is 7.08. The van der Waals surface area contributed by atoms with E-state index in [4.69, 9.17) is 0 Å². The number of rotatable bonds is 1. The maximum atomic E-state index is 12.4. The number of anilines is 1. The molecule has 3 atom stereocenters. The molecule has 0 aromatic heterocycles. The van der Waals surface area contributed by atoms with Gasteiger partial charge in [-0.2, -0.15) is 0 Å². The van der Waals surface area contributed by atoms with Crippen molar-refractivity contribution in [2.75, 3.05) is 18.4 Å². The van der Waals surface area contributed by atoms with Gasteiger partial charge in [-0.15, -0.1) is 0 Å². The van der Waals surface area contributed by atoms with Crippen LogP contribution in [0.2, 0.25) is 0 Å². The lowest BCUT2D eigenvalue weighted by molar-refractivity contribution is 0.0559. The molecular weight excluding hydrogens is 264 g/mol. The molecular formula is C17H24N2O2. The quantitative estimate of drug-likeness (QED) is 0.835. The van der Waals surface area contributed by atoms with Crippen LogP contribution in [0.5, 0.6) is 0 Å². The molecule has 3 rings (SSSR count). The fourth-order valence-electron chi connectivity index (χ4n) is 3.93. The van der Waals surface area contributed by atoms with Crippen LogP contribution in [0.1, 0.15) is 30.9 Å². The molecule has 2 N–H and O–H groups in total. The molecule has 0 bridgehead atoms. The van der Waals surface area contributed by atoms with E-state index in [0.29, 0.717) is 11.8 Å². The van der Waals surface area contributed by atoms with E-state index >= 15 is 0 Å². The lowest BCUT2D eigenvalue weighted by Gasteiger charge is -2.22. The van der Waals surface area contributed by atoms with Crippen LogP contribution in [0.3, 0.4) is 0 Å². The Balaban J connectivity index is 1.63. The van der Waals surface area contributed by atoms with Crippen LogP contribution in [0.25, 0.3) is 0 Å². The number of carbonyl (C=O) groups excluding carboxylic acids is 1. The van der Waals surface area contributed by atoms with Crippen LogP contribution in [-0.4, -0.2) is 34.7 Å². The second kappa shape index (κ2) is 5.02. The van der Waals surface area contributed by atoms with Crippen LogP contribution < -0.4 is 5.32 Å². The highest BCUT2D eigenvalue weighted by Gasteiger charge is 2.46. The van der Waals surface area contributed by atoms with Gasteiger partial charge in [0.15, 0.2) is 0 Å². The first kappa shape index (κ1) is 14.4. The molecule has 1 saturated heterocycles. The summed E-state index contributed by atoms with van der Waals surface area (Å²) in [6.07, 6.45) is 1.62. The zero-order valence-electron chi connectivity index (χ0n) is 13.0. The number of amides is 2. The number of likely N-dealkylation sites (tertiary alicyclic amines) is 1. The lowest BCUT2D eigenvalue weighted by Crippen LogP contribution is -2.35. The van der Waals surface area contributed by atoms with E-state index < -0.39 is 5.60 Å². The number of carbonyl (C=O) groups is 1. The molecule has 4 nitrogen and oxygen atoms in total. The molecule has 1 unspecified atom stereocenters. The normalized spacial score (nSPS) is 31.3. The molecule has 2 amide bonds. The Morgan fingerprint density at radius 1 is 1.29 bits per heavy atom. The van der Waals surface area contributed by atoms with Crippen LogP contribution in [-0.2, 0) is 0 Å². The summed E-state index contributed by atoms with van der Waals surface area (Å²) in [5.74, 6) is 0.898. The molecule has 1 aromatic carbocycles. The topological polar surface area (TPSA) is 52.6 Å². The van der Waals surface area contributed by atoms with Gasteiger partial charge in [0.2, 0.25) is 0 Å². The molecule has 0 spiro atoms. The van der Waals surface area contributed by atoms with Gasteiger partial charge in [0.05, 0.1) is 5.60 Å². The predicted molar refractivity (Wildman–Crippen MR) is 83.3 cm³/mol. The average molecular weight is 288 g/mol. The number of nitrogens with zero attached hydrogens (tertiary/aromatic N) is 1. The van der Waals surface area contributed by atoms with Crippen molar-refractivity contribution in [2.45, 2.75) is 39.2 Å². The predicted octanol–water partition coefficient (Wildman–Crippen LogP) is 2.93. The van der Waals surface area contributed by atoms with E-state index in [-0.39, 0.29) is 6.03 Å². The maximum Gasteiger partial charge on any atom is 0.321 e. The van der Waals surface area contributed by atoms with Crippen molar-refractivity contribution in [3.05, 3.63) is 29.3 Å². The third-order valence-electron chi connectivity index (χ3n) is 4.89. The summed E-state index contributed by atoms with van der Waals surface area (Å²) in [6.45, 7) is 7.49. The largest absolute Gasteiger partial charge is 0.390 e. The molecule has 1 heterocycles. The van der Waals surface area contributed by atoms with Gasteiger partial charge in [-0.3, -0.25) is 0 Å². The molecule has 1 aromatic rings. The van der Waals surface area contributed by atoms with Gasteiger partial charge in [-0.05, 0) is 57.1 Å². The van der Waals surface area contributed by atoms with Crippen molar-refractivity contribution in [3.63, 3.8) is 0 Å². The van der Waals surface area contributed by atoms with Crippen molar-refractivity contribution < 1.29 is 9.90 Å². The number of aliphatic hydroxyl groups is 1. The Hall–Kier alpha value is -1.55. The maximum absolute atomic E-state index is 12.4. The van der Waals surface area contributed by atoms with Crippen LogP contribution in [0, 0.1) is 25.7 Å². The number of aryl methyl sites for hydroxylation is 2. The van der Waals surface area contributed by atoms with Crippen LogP contribution in [0.4, 0.5) is 10.5 Å². The zero-order valence-corrected chi connectivity index (χ0v) is 13.0. The minimum Gasteiger partial charge on any atom is -0.390 e. The minimum atomic E-state index is -0.536. The Morgan fingerprint density at radius 2 is 1.90 bits per heavy atom. The third-order valence-corrected chi connectivity index (χ3v) is 4.89. The number of hydrogen-bond acceptors (Lipinski definition) is 2. The van der Waals surface area contributed by atoms with Gasteiger partial charge in [-0.25, -0.2) is 4.79 Å². The van der Waals surface area contributed by atoms with Crippen molar-refractivity contribution in [3.8, 4) is 0 Å². The molecule has 1 aliphatic carbocycles. The summed E-state index contributed by atoms with van der Waals surface area (Å²) in [6, 6.07) is 6.03. The Kier molecular flexibility index (Phi) is 3.44. The van der Waals surface area contributed by atoms with Gasteiger partial charge in [0, 0.05) is 18.8 Å². The van der Waals surface area contributed by atoms with Gasteiger partial charge in [0.1, 0.15) is 0 Å². The Morgan fingerprint density at radius 3 is 2.48 bits per heavy atom. The highest BCUT2D eigenvalue weighted by Crippen LogP contribution is 2.43. The summed E-state index contributed by atoms with van der Waals surface area (Å²) < 4.78 is 0. The second-order valence-corrected chi connectivity index (χ2v) is 7.08. The monoisotopic (exact) mass is 288 g/mol. The molecule has 1 saturated carbocycles.